The van der Waals surface area contributed by atoms with Crippen LogP contribution in [0.1, 0.15) is 206 Å². The maximum atomic E-state index is 12.6. The molecule has 0 rings (SSSR count). The van der Waals surface area contributed by atoms with Gasteiger partial charge in [-0.2, -0.15) is 0 Å². The van der Waals surface area contributed by atoms with Gasteiger partial charge >= 0.3 is 19.8 Å². The quantitative estimate of drug-likeness (QED) is 0.0233. The third kappa shape index (κ3) is 43.8. The molecule has 0 aromatic heterocycles. The lowest BCUT2D eigenvalue weighted by Gasteiger charge is -2.20. The average Bonchev–Trinajstić information content (AvgIpc) is 3.21. The van der Waals surface area contributed by atoms with Crippen LogP contribution in [0.25, 0.3) is 0 Å². The lowest BCUT2D eigenvalue weighted by atomic mass is 10.0. The van der Waals surface area contributed by atoms with Gasteiger partial charge < -0.3 is 25.2 Å². The minimum absolute atomic E-state index is 0.00831. The predicted octanol–water partition coefficient (Wildman–Crippen LogP) is 13.4. The molecular weight excluding hydrogens is 766 g/mol. The summed E-state index contributed by atoms with van der Waals surface area (Å²) in [6.45, 7) is 3.76. The zero-order valence-corrected chi connectivity index (χ0v) is 38.5. The molecule has 0 aliphatic carbocycles. The molecule has 3 atom stereocenters. The van der Waals surface area contributed by atoms with E-state index in [1.165, 1.54) is 109 Å². The Balaban J connectivity index is 4.20. The minimum atomic E-state index is -4.63. The molecule has 0 amide bonds. The third-order valence-corrected chi connectivity index (χ3v) is 11.1. The summed E-state index contributed by atoms with van der Waals surface area (Å²) < 4.78 is 33.4. The molecule has 0 fully saturated rings. The first-order valence-electron chi connectivity index (χ1n) is 23.7. The van der Waals surface area contributed by atoms with Crippen molar-refractivity contribution in [3.8, 4) is 0 Å². The summed E-state index contributed by atoms with van der Waals surface area (Å²) in [6.07, 6.45) is 51.7. The molecule has 4 N–H and O–H groups in total. The number of ether oxygens (including phenoxy) is 2. The van der Waals surface area contributed by atoms with Crippen molar-refractivity contribution in [2.24, 2.45) is 5.73 Å². The fraction of sp³-hybridized carbons (Fsp3) is 0.792. The van der Waals surface area contributed by atoms with E-state index in [1.807, 2.05) is 0 Å². The molecule has 0 spiro atoms. The van der Waals surface area contributed by atoms with Gasteiger partial charge in [0.2, 0.25) is 0 Å². The van der Waals surface area contributed by atoms with Crippen molar-refractivity contribution in [2.45, 2.75) is 219 Å². The first-order chi connectivity index (χ1) is 28.7. The van der Waals surface area contributed by atoms with Crippen LogP contribution >= 0.6 is 7.82 Å². The SMILES string of the molecule is CC/C=C\C/C=C\C/C=C\C/C=C\CCCCCCC(=O)OC(COCCCCCCCCCCCCCCCCCCCCCC)COP(=O)(O)OCC(N)C(=O)O. The normalized spacial score (nSPS) is 14.2. The summed E-state index contributed by atoms with van der Waals surface area (Å²) in [7, 11) is -4.63. The number of carboxylic acid groups (broad SMARTS) is 1. The molecule has 0 saturated carbocycles. The van der Waals surface area contributed by atoms with Gasteiger partial charge in [-0.25, -0.2) is 4.57 Å². The number of esters is 1. The Morgan fingerprint density at radius 1 is 0.559 bits per heavy atom. The number of aliphatic carboxylic acids is 1. The number of phosphoric ester groups is 1. The van der Waals surface area contributed by atoms with Crippen LogP contribution in [-0.4, -0.2) is 60.5 Å². The van der Waals surface area contributed by atoms with Crippen molar-refractivity contribution in [3.05, 3.63) is 48.6 Å². The molecule has 0 saturated heterocycles. The number of carbonyl (C=O) groups is 2. The second-order valence-corrected chi connectivity index (χ2v) is 17.3. The zero-order valence-electron chi connectivity index (χ0n) is 37.6. The number of carbonyl (C=O) groups excluding carboxylic acids is 1. The topological polar surface area (TPSA) is 155 Å². The van der Waals surface area contributed by atoms with Crippen LogP contribution in [0.2, 0.25) is 0 Å². The lowest BCUT2D eigenvalue weighted by Crippen LogP contribution is -2.34. The van der Waals surface area contributed by atoms with E-state index < -0.39 is 45.1 Å². The van der Waals surface area contributed by atoms with E-state index in [-0.39, 0.29) is 13.0 Å². The molecule has 0 aromatic rings. The van der Waals surface area contributed by atoms with E-state index in [9.17, 15) is 19.0 Å². The van der Waals surface area contributed by atoms with Crippen molar-refractivity contribution in [1.29, 1.82) is 0 Å². The second kappa shape index (κ2) is 44.0. The number of hydrogen-bond donors (Lipinski definition) is 3. The molecule has 344 valence electrons. The second-order valence-electron chi connectivity index (χ2n) is 15.9. The molecule has 0 heterocycles. The van der Waals surface area contributed by atoms with E-state index in [0.29, 0.717) is 13.0 Å². The maximum Gasteiger partial charge on any atom is 0.472 e. The molecule has 11 heteroatoms. The summed E-state index contributed by atoms with van der Waals surface area (Å²) >= 11 is 0. The highest BCUT2D eigenvalue weighted by Gasteiger charge is 2.27. The Kier molecular flexibility index (Phi) is 42.5. The number of allylic oxidation sites excluding steroid dienone is 8. The third-order valence-electron chi connectivity index (χ3n) is 10.1. The van der Waals surface area contributed by atoms with E-state index >= 15 is 0 Å². The molecule has 59 heavy (non-hydrogen) atoms. The lowest BCUT2D eigenvalue weighted by molar-refractivity contribution is -0.154. The van der Waals surface area contributed by atoms with Gasteiger partial charge in [-0.05, 0) is 51.4 Å². The van der Waals surface area contributed by atoms with Gasteiger partial charge in [0.15, 0.2) is 0 Å². The molecule has 0 aromatic carbocycles. The van der Waals surface area contributed by atoms with Gasteiger partial charge in [0.05, 0.1) is 19.8 Å². The molecule has 0 radical (unpaired) electrons. The Labute approximate surface area is 360 Å². The summed E-state index contributed by atoms with van der Waals surface area (Å²) in [4.78, 5) is 33.6. The van der Waals surface area contributed by atoms with Crippen LogP contribution in [0, 0.1) is 0 Å². The number of hydrogen-bond acceptors (Lipinski definition) is 8. The Morgan fingerprint density at radius 3 is 1.47 bits per heavy atom. The van der Waals surface area contributed by atoms with Crippen LogP contribution in [0.5, 0.6) is 0 Å². The molecular formula is C48H88NO9P. The summed E-state index contributed by atoms with van der Waals surface area (Å²) in [5, 5.41) is 8.91. The van der Waals surface area contributed by atoms with E-state index in [1.54, 1.807) is 0 Å². The van der Waals surface area contributed by atoms with Crippen molar-refractivity contribution < 1.29 is 42.7 Å². The Bertz CT molecular complexity index is 1130. The number of carboxylic acids is 1. The summed E-state index contributed by atoms with van der Waals surface area (Å²) in [6, 6.07) is -1.48. The van der Waals surface area contributed by atoms with Crippen molar-refractivity contribution in [1.82, 2.24) is 0 Å². The zero-order chi connectivity index (χ0) is 43.3. The van der Waals surface area contributed by atoms with Crippen LogP contribution in [0.4, 0.5) is 0 Å². The smallest absolute Gasteiger partial charge is 0.472 e. The van der Waals surface area contributed by atoms with Crippen LogP contribution in [0.15, 0.2) is 48.6 Å². The van der Waals surface area contributed by atoms with Gasteiger partial charge in [0, 0.05) is 13.0 Å². The fourth-order valence-corrected chi connectivity index (χ4v) is 7.26. The van der Waals surface area contributed by atoms with Gasteiger partial charge in [-0.3, -0.25) is 18.6 Å². The first kappa shape index (κ1) is 56.9. The number of rotatable bonds is 45. The Hall–Kier alpha value is -2.07. The van der Waals surface area contributed by atoms with Crippen molar-refractivity contribution in [3.63, 3.8) is 0 Å². The van der Waals surface area contributed by atoms with Gasteiger partial charge in [0.1, 0.15) is 12.1 Å². The van der Waals surface area contributed by atoms with Crippen LogP contribution < -0.4 is 5.73 Å². The van der Waals surface area contributed by atoms with E-state index in [0.717, 1.165) is 70.6 Å². The number of phosphoric acid groups is 1. The van der Waals surface area contributed by atoms with Crippen LogP contribution in [-0.2, 0) is 32.7 Å². The van der Waals surface area contributed by atoms with E-state index in [2.05, 4.69) is 62.5 Å². The standard InChI is InChI=1S/C48H88NO9P/c1-3-5-7-9-11-13-15-17-19-21-22-23-25-27-29-31-33-35-37-39-41-55-42-45(43-56-59(53,54)57-44-46(49)48(51)52)58-47(50)40-38-36-34-32-30-28-26-24-20-18-16-14-12-10-8-6-4-2/h6,8,12,14,18,20,26,28,45-46H,3-5,7,9-11,13,15-17,19,21-25,27,29-44,49H2,1-2H3,(H,51,52)(H,53,54)/b8-6-,14-12-,20-18-,28-26-. The highest BCUT2D eigenvalue weighted by Crippen LogP contribution is 2.43. The highest BCUT2D eigenvalue weighted by molar-refractivity contribution is 7.47. The first-order valence-corrected chi connectivity index (χ1v) is 25.2. The molecule has 0 aliphatic heterocycles. The predicted molar refractivity (Wildman–Crippen MR) is 244 cm³/mol. The Morgan fingerprint density at radius 2 is 0.983 bits per heavy atom. The molecule has 0 aliphatic rings. The number of unbranched alkanes of at least 4 members (excludes halogenated alkanes) is 23. The molecule has 3 unspecified atom stereocenters. The van der Waals surface area contributed by atoms with Crippen LogP contribution in [0.3, 0.4) is 0 Å². The maximum absolute atomic E-state index is 12.6. The summed E-state index contributed by atoms with van der Waals surface area (Å²) in [5.74, 6) is -1.80. The summed E-state index contributed by atoms with van der Waals surface area (Å²) in [5.41, 5.74) is 5.36. The monoisotopic (exact) mass is 854 g/mol. The van der Waals surface area contributed by atoms with Gasteiger partial charge in [-0.15, -0.1) is 0 Å². The fourth-order valence-electron chi connectivity index (χ4n) is 6.48. The van der Waals surface area contributed by atoms with Gasteiger partial charge in [-0.1, -0.05) is 197 Å². The van der Waals surface area contributed by atoms with Crippen molar-refractivity contribution >= 4 is 19.8 Å². The highest BCUT2D eigenvalue weighted by atomic mass is 31.2. The number of nitrogens with two attached hydrogens (primary N) is 1. The van der Waals surface area contributed by atoms with Gasteiger partial charge in [0.25, 0.3) is 0 Å². The minimum Gasteiger partial charge on any atom is -0.480 e. The molecule has 0 bridgehead atoms. The van der Waals surface area contributed by atoms with Crippen molar-refractivity contribution in [2.75, 3.05) is 26.4 Å². The van der Waals surface area contributed by atoms with E-state index in [4.69, 9.17) is 29.4 Å². The largest absolute Gasteiger partial charge is 0.480 e. The average molecular weight is 854 g/mol. The molecule has 10 nitrogen and oxygen atoms in total.